The van der Waals surface area contributed by atoms with Gasteiger partial charge in [0.15, 0.2) is 0 Å². The molecule has 0 bridgehead atoms. The van der Waals surface area contributed by atoms with Gasteiger partial charge in [0.2, 0.25) is 11.8 Å². The van der Waals surface area contributed by atoms with E-state index in [1.165, 1.54) is 19.4 Å². The van der Waals surface area contributed by atoms with E-state index < -0.39 is 11.7 Å². The van der Waals surface area contributed by atoms with Crippen molar-refractivity contribution in [3.05, 3.63) is 70.5 Å². The first kappa shape index (κ1) is 29.0. The molecular formula is C33H34FN7O4. The summed E-state index contributed by atoms with van der Waals surface area (Å²) in [6.45, 7) is 9.71. The zero-order valence-corrected chi connectivity index (χ0v) is 25.4. The molecule has 2 spiro atoms. The standard InChI is InChI=1S/C33H34FN7O4/c1-35-24-18-36-31(39-29(24)45-25-7-5-6-21-27(25)30(43)41(3)33(21)8-9-33)38-23-15-22(34)20(14-26(23)44-4)28(42)37-19-16-32(17-19)10-12-40(2)13-11-32/h5-7,14-15,18-19H,8-13,16-17H2,2-4H3,(H,37,42)(H,36,38,39). The fraction of sp³-hybridized carbons (Fsp3) is 0.424. The van der Waals surface area contributed by atoms with Crippen LogP contribution in [0, 0.1) is 17.8 Å². The van der Waals surface area contributed by atoms with Gasteiger partial charge in [0.25, 0.3) is 17.5 Å². The number of benzene rings is 2. The van der Waals surface area contributed by atoms with Crippen LogP contribution in [0.15, 0.2) is 36.5 Å². The molecule has 2 aliphatic heterocycles. The maximum absolute atomic E-state index is 15.3. The first-order chi connectivity index (χ1) is 21.6. The molecule has 0 radical (unpaired) electrons. The summed E-state index contributed by atoms with van der Waals surface area (Å²) in [6.07, 6.45) is 7.12. The molecular weight excluding hydrogens is 577 g/mol. The van der Waals surface area contributed by atoms with Gasteiger partial charge >= 0.3 is 0 Å². The van der Waals surface area contributed by atoms with Gasteiger partial charge in [-0.15, -0.1) is 0 Å². The van der Waals surface area contributed by atoms with Gasteiger partial charge in [-0.25, -0.2) is 14.2 Å². The Kier molecular flexibility index (Phi) is 6.89. The van der Waals surface area contributed by atoms with Crippen LogP contribution in [0.3, 0.4) is 0 Å². The molecule has 232 valence electrons. The van der Waals surface area contributed by atoms with E-state index in [1.807, 2.05) is 12.1 Å². The molecule has 1 aromatic heterocycles. The van der Waals surface area contributed by atoms with Crippen molar-refractivity contribution in [1.29, 1.82) is 0 Å². The van der Waals surface area contributed by atoms with Crippen molar-refractivity contribution in [1.82, 2.24) is 25.1 Å². The molecule has 12 heteroatoms. The number of methoxy groups -OCH3 is 1. The molecule has 2 saturated carbocycles. The maximum atomic E-state index is 15.3. The second kappa shape index (κ2) is 10.7. The van der Waals surface area contributed by atoms with Crippen LogP contribution in [-0.4, -0.2) is 71.9 Å². The summed E-state index contributed by atoms with van der Waals surface area (Å²) < 4.78 is 26.9. The second-order valence-corrected chi connectivity index (χ2v) is 12.7. The Balaban J connectivity index is 1.09. The fourth-order valence-electron chi connectivity index (χ4n) is 7.13. The zero-order chi connectivity index (χ0) is 31.5. The lowest BCUT2D eigenvalue weighted by Gasteiger charge is -2.52. The molecule has 2 amide bonds. The lowest BCUT2D eigenvalue weighted by Crippen LogP contribution is -2.54. The highest BCUT2D eigenvalue weighted by Crippen LogP contribution is 2.57. The minimum Gasteiger partial charge on any atom is -0.495 e. The van der Waals surface area contributed by atoms with E-state index in [2.05, 4.69) is 37.4 Å². The van der Waals surface area contributed by atoms with Crippen molar-refractivity contribution < 1.29 is 23.5 Å². The Labute approximate surface area is 260 Å². The van der Waals surface area contributed by atoms with Gasteiger partial charge in [0.1, 0.15) is 17.3 Å². The molecule has 11 nitrogen and oxygen atoms in total. The summed E-state index contributed by atoms with van der Waals surface area (Å²) in [5, 5.41) is 5.91. The van der Waals surface area contributed by atoms with Crippen molar-refractivity contribution in [2.24, 2.45) is 5.41 Å². The highest BCUT2D eigenvalue weighted by atomic mass is 19.1. The molecule has 0 unspecified atom stereocenters. The molecule has 3 fully saturated rings. The van der Waals surface area contributed by atoms with Gasteiger partial charge in [-0.3, -0.25) is 9.59 Å². The monoisotopic (exact) mass is 611 g/mol. The number of amides is 2. The average Bonchev–Trinajstić information content (AvgIpc) is 3.79. The van der Waals surface area contributed by atoms with Gasteiger partial charge < -0.3 is 29.9 Å². The number of carbonyl (C=O) groups is 2. The van der Waals surface area contributed by atoms with Crippen LogP contribution in [-0.2, 0) is 5.54 Å². The molecule has 3 heterocycles. The third kappa shape index (κ3) is 4.91. The van der Waals surface area contributed by atoms with Crippen LogP contribution in [0.25, 0.3) is 4.85 Å². The number of nitrogens with one attached hydrogen (secondary N) is 2. The highest BCUT2D eigenvalue weighted by Gasteiger charge is 2.57. The van der Waals surface area contributed by atoms with Crippen LogP contribution in [0.1, 0.15) is 64.8 Å². The largest absolute Gasteiger partial charge is 0.495 e. The Morgan fingerprint density at radius 2 is 1.89 bits per heavy atom. The molecule has 2 aromatic carbocycles. The van der Waals surface area contributed by atoms with Gasteiger partial charge in [-0.1, -0.05) is 12.1 Å². The van der Waals surface area contributed by atoms with Crippen LogP contribution in [0.4, 0.5) is 21.7 Å². The summed E-state index contributed by atoms with van der Waals surface area (Å²) in [6, 6.07) is 7.96. The van der Waals surface area contributed by atoms with Gasteiger partial charge in [-0.2, -0.15) is 4.98 Å². The van der Waals surface area contributed by atoms with Crippen LogP contribution >= 0.6 is 0 Å². The molecule has 45 heavy (non-hydrogen) atoms. The predicted octanol–water partition coefficient (Wildman–Crippen LogP) is 5.39. The summed E-state index contributed by atoms with van der Waals surface area (Å²) in [7, 11) is 5.33. The number of piperidine rings is 1. The molecule has 2 N–H and O–H groups in total. The zero-order valence-electron chi connectivity index (χ0n) is 25.4. The normalized spacial score (nSPS) is 19.5. The number of ether oxygens (including phenoxy) is 2. The topological polar surface area (TPSA) is 113 Å². The van der Waals surface area contributed by atoms with Crippen LogP contribution in [0.5, 0.6) is 17.4 Å². The van der Waals surface area contributed by atoms with E-state index in [4.69, 9.17) is 16.0 Å². The Bertz CT molecular complexity index is 1750. The molecule has 3 aromatic rings. The van der Waals surface area contributed by atoms with Crippen LogP contribution < -0.4 is 20.1 Å². The summed E-state index contributed by atoms with van der Waals surface area (Å²) in [5.41, 5.74) is 1.48. The lowest BCUT2D eigenvalue weighted by atomic mass is 9.60. The van der Waals surface area contributed by atoms with E-state index in [0.717, 1.165) is 63.2 Å². The van der Waals surface area contributed by atoms with E-state index in [9.17, 15) is 9.59 Å². The number of nitrogens with zero attached hydrogens (tertiary/aromatic N) is 5. The molecule has 7 rings (SSSR count). The number of halogens is 1. The number of likely N-dealkylation sites (tertiary alicyclic amines) is 1. The minimum atomic E-state index is -0.727. The van der Waals surface area contributed by atoms with Crippen molar-refractivity contribution in [3.63, 3.8) is 0 Å². The number of hydrogen-bond donors (Lipinski definition) is 2. The number of anilines is 2. The van der Waals surface area contributed by atoms with E-state index in [0.29, 0.717) is 11.3 Å². The number of aromatic nitrogens is 2. The minimum absolute atomic E-state index is 0.0138. The van der Waals surface area contributed by atoms with Gasteiger partial charge in [0.05, 0.1) is 36.0 Å². The number of hydrogen-bond acceptors (Lipinski definition) is 8. The predicted molar refractivity (Wildman–Crippen MR) is 164 cm³/mol. The third-order valence-corrected chi connectivity index (χ3v) is 10.00. The number of carbonyl (C=O) groups excluding carboxylic acids is 2. The Morgan fingerprint density at radius 3 is 2.58 bits per heavy atom. The smallest absolute Gasteiger partial charge is 0.265 e. The maximum Gasteiger partial charge on any atom is 0.265 e. The number of fused-ring (bicyclic) bond motifs is 2. The summed E-state index contributed by atoms with van der Waals surface area (Å²) >= 11 is 0. The van der Waals surface area contributed by atoms with Crippen molar-refractivity contribution >= 4 is 29.1 Å². The molecule has 0 atom stereocenters. The summed E-state index contributed by atoms with van der Waals surface area (Å²) in [5.74, 6) is -0.877. The first-order valence-corrected chi connectivity index (χ1v) is 15.1. The SMILES string of the molecule is [C-]#[N+]c1cnc(Nc2cc(F)c(C(=O)NC3CC4(CCN(C)CC4)C3)cc2OC)nc1Oc1cccc2c1C(=O)N(C)C21CC1. The lowest BCUT2D eigenvalue weighted by molar-refractivity contribution is 0.0138. The number of rotatable bonds is 7. The fourth-order valence-corrected chi connectivity index (χ4v) is 7.13. The van der Waals surface area contributed by atoms with Gasteiger partial charge in [-0.05, 0) is 81.8 Å². The van der Waals surface area contributed by atoms with E-state index in [-0.39, 0.29) is 57.4 Å². The van der Waals surface area contributed by atoms with E-state index >= 15 is 4.39 Å². The van der Waals surface area contributed by atoms with Crippen molar-refractivity contribution in [2.75, 3.05) is 39.6 Å². The van der Waals surface area contributed by atoms with Crippen molar-refractivity contribution in [3.8, 4) is 17.4 Å². The third-order valence-electron chi connectivity index (χ3n) is 10.00. The first-order valence-electron chi connectivity index (χ1n) is 15.1. The molecule has 2 aliphatic carbocycles. The Morgan fingerprint density at radius 1 is 1.13 bits per heavy atom. The second-order valence-electron chi connectivity index (χ2n) is 12.7. The molecule has 1 saturated heterocycles. The average molecular weight is 612 g/mol. The quantitative estimate of drug-likeness (QED) is 0.342. The van der Waals surface area contributed by atoms with Gasteiger partial charge in [0, 0.05) is 25.4 Å². The Hall–Kier alpha value is -4.76. The van der Waals surface area contributed by atoms with Crippen LogP contribution in [0.2, 0.25) is 0 Å². The van der Waals surface area contributed by atoms with E-state index in [1.54, 1.807) is 18.0 Å². The molecule has 4 aliphatic rings. The highest BCUT2D eigenvalue weighted by molar-refractivity contribution is 6.03. The summed E-state index contributed by atoms with van der Waals surface area (Å²) in [4.78, 5) is 42.3. The van der Waals surface area contributed by atoms with Crippen molar-refractivity contribution in [2.45, 2.75) is 50.1 Å².